The lowest BCUT2D eigenvalue weighted by Crippen LogP contribution is -2.46. The zero-order chi connectivity index (χ0) is 12.4. The molecule has 98 valence electrons. The van der Waals surface area contributed by atoms with E-state index in [2.05, 4.69) is 38.2 Å². The van der Waals surface area contributed by atoms with Gasteiger partial charge in [0.1, 0.15) is 0 Å². The molecule has 0 aliphatic rings. The van der Waals surface area contributed by atoms with E-state index < -0.39 is 0 Å². The zero-order valence-electron chi connectivity index (χ0n) is 11.5. The van der Waals surface area contributed by atoms with Gasteiger partial charge < -0.3 is 19.7 Å². The molecule has 0 aromatic heterocycles. The van der Waals surface area contributed by atoms with Crippen LogP contribution in [0, 0.1) is 0 Å². The summed E-state index contributed by atoms with van der Waals surface area (Å²) in [4.78, 5) is 2.23. The van der Waals surface area contributed by atoms with Crippen LogP contribution >= 0.6 is 0 Å². The van der Waals surface area contributed by atoms with E-state index in [1.807, 2.05) is 0 Å². The first-order chi connectivity index (χ1) is 7.50. The Morgan fingerprint density at radius 1 is 1.12 bits per heavy atom. The summed E-state index contributed by atoms with van der Waals surface area (Å²) in [5.41, 5.74) is 0.205. The van der Waals surface area contributed by atoms with Gasteiger partial charge in [0.2, 0.25) is 0 Å². The normalized spacial score (nSPS) is 12.4. The smallest absolute Gasteiger partial charge is 0.0700 e. The maximum atomic E-state index is 5.38. The van der Waals surface area contributed by atoms with Crippen LogP contribution in [0.1, 0.15) is 20.3 Å². The van der Waals surface area contributed by atoms with Gasteiger partial charge in [-0.2, -0.15) is 0 Å². The van der Waals surface area contributed by atoms with Crippen LogP contribution in [0.15, 0.2) is 0 Å². The van der Waals surface area contributed by atoms with E-state index in [1.54, 1.807) is 7.11 Å². The van der Waals surface area contributed by atoms with Gasteiger partial charge in [-0.25, -0.2) is 0 Å². The van der Waals surface area contributed by atoms with Crippen molar-refractivity contribution in [3.05, 3.63) is 0 Å². The van der Waals surface area contributed by atoms with Crippen molar-refractivity contribution in [2.75, 3.05) is 54.1 Å². The highest BCUT2D eigenvalue weighted by atomic mass is 16.5. The summed E-state index contributed by atoms with van der Waals surface area (Å²) in [7, 11) is 5.90. The number of likely N-dealkylation sites (N-methyl/N-ethyl adjacent to an activating group) is 1. The molecule has 0 aliphatic heterocycles. The third kappa shape index (κ3) is 8.05. The average Bonchev–Trinajstić information content (AvgIpc) is 2.21. The Morgan fingerprint density at radius 2 is 1.81 bits per heavy atom. The van der Waals surface area contributed by atoms with Crippen molar-refractivity contribution in [1.29, 1.82) is 0 Å². The van der Waals surface area contributed by atoms with Crippen molar-refractivity contribution < 1.29 is 9.47 Å². The van der Waals surface area contributed by atoms with Gasteiger partial charge >= 0.3 is 0 Å². The number of rotatable bonds is 10. The Morgan fingerprint density at radius 3 is 2.38 bits per heavy atom. The van der Waals surface area contributed by atoms with Crippen LogP contribution in [-0.2, 0) is 9.47 Å². The predicted octanol–water partition coefficient (Wildman–Crippen LogP) is 0.969. The number of hydrogen-bond donors (Lipinski definition) is 1. The SMILES string of the molecule is COCCOCCCNCC(C)(C)N(C)C. The molecule has 0 spiro atoms. The van der Waals surface area contributed by atoms with E-state index in [0.717, 1.165) is 26.1 Å². The molecule has 0 heterocycles. The molecule has 0 aliphatic carbocycles. The quantitative estimate of drug-likeness (QED) is 0.569. The van der Waals surface area contributed by atoms with Gasteiger partial charge in [-0.15, -0.1) is 0 Å². The first kappa shape index (κ1) is 15.8. The minimum absolute atomic E-state index is 0.205. The van der Waals surface area contributed by atoms with Gasteiger partial charge in [0.15, 0.2) is 0 Å². The minimum Gasteiger partial charge on any atom is -0.382 e. The lowest BCUT2D eigenvalue weighted by Gasteiger charge is -2.32. The highest BCUT2D eigenvalue weighted by Gasteiger charge is 2.18. The van der Waals surface area contributed by atoms with E-state index in [0.29, 0.717) is 13.2 Å². The fraction of sp³-hybridized carbons (Fsp3) is 1.00. The molecular formula is C12H28N2O2. The summed E-state index contributed by atoms with van der Waals surface area (Å²) in [5, 5.41) is 3.44. The fourth-order valence-corrected chi connectivity index (χ4v) is 1.10. The third-order valence-electron chi connectivity index (χ3n) is 2.84. The molecule has 0 saturated carbocycles. The Balaban J connectivity index is 3.27. The molecule has 0 rings (SSSR count). The number of ether oxygens (including phenoxy) is 2. The largest absolute Gasteiger partial charge is 0.382 e. The standard InChI is InChI=1S/C12H28N2O2/c1-12(2,14(3)4)11-13-7-6-8-16-10-9-15-5/h13H,6-11H2,1-5H3. The van der Waals surface area contributed by atoms with E-state index >= 15 is 0 Å². The predicted molar refractivity (Wildman–Crippen MR) is 67.9 cm³/mol. The molecule has 4 nitrogen and oxygen atoms in total. The first-order valence-corrected chi connectivity index (χ1v) is 5.95. The number of hydrogen-bond acceptors (Lipinski definition) is 4. The van der Waals surface area contributed by atoms with Crippen molar-refractivity contribution in [1.82, 2.24) is 10.2 Å². The Bertz CT molecular complexity index is 161. The van der Waals surface area contributed by atoms with E-state index in [-0.39, 0.29) is 5.54 Å². The molecule has 0 amide bonds. The molecule has 0 radical (unpaired) electrons. The monoisotopic (exact) mass is 232 g/mol. The second-order valence-electron chi connectivity index (χ2n) is 4.84. The molecule has 0 atom stereocenters. The van der Waals surface area contributed by atoms with Crippen molar-refractivity contribution >= 4 is 0 Å². The second-order valence-corrected chi connectivity index (χ2v) is 4.84. The van der Waals surface area contributed by atoms with Crippen molar-refractivity contribution in [2.24, 2.45) is 0 Å². The van der Waals surface area contributed by atoms with Crippen LogP contribution in [-0.4, -0.2) is 64.6 Å². The van der Waals surface area contributed by atoms with Gasteiger partial charge in [-0.3, -0.25) is 0 Å². The average molecular weight is 232 g/mol. The lowest BCUT2D eigenvalue weighted by molar-refractivity contribution is 0.0691. The van der Waals surface area contributed by atoms with Crippen LogP contribution in [0.3, 0.4) is 0 Å². The lowest BCUT2D eigenvalue weighted by atomic mass is 10.0. The van der Waals surface area contributed by atoms with E-state index in [4.69, 9.17) is 9.47 Å². The Kier molecular flexibility index (Phi) is 8.84. The summed E-state index contributed by atoms with van der Waals surface area (Å²) in [6, 6.07) is 0. The van der Waals surface area contributed by atoms with Gasteiger partial charge in [-0.05, 0) is 40.9 Å². The van der Waals surface area contributed by atoms with E-state index in [9.17, 15) is 0 Å². The van der Waals surface area contributed by atoms with Crippen molar-refractivity contribution in [3.8, 4) is 0 Å². The summed E-state index contributed by atoms with van der Waals surface area (Å²) in [5.74, 6) is 0. The van der Waals surface area contributed by atoms with Crippen LogP contribution in [0.5, 0.6) is 0 Å². The summed E-state index contributed by atoms with van der Waals surface area (Å²) in [6.45, 7) is 8.64. The summed E-state index contributed by atoms with van der Waals surface area (Å²) < 4.78 is 10.3. The highest BCUT2D eigenvalue weighted by molar-refractivity contribution is 4.79. The first-order valence-electron chi connectivity index (χ1n) is 5.95. The molecule has 4 heteroatoms. The number of methoxy groups -OCH3 is 1. The molecule has 0 fully saturated rings. The van der Waals surface area contributed by atoms with Crippen molar-refractivity contribution in [2.45, 2.75) is 25.8 Å². The molecule has 16 heavy (non-hydrogen) atoms. The molecule has 0 unspecified atom stereocenters. The van der Waals surface area contributed by atoms with E-state index in [1.165, 1.54) is 0 Å². The Labute approximate surface area is 100 Å². The molecule has 0 aromatic rings. The maximum absolute atomic E-state index is 5.38. The zero-order valence-corrected chi connectivity index (χ0v) is 11.5. The molecule has 1 N–H and O–H groups in total. The molecule has 0 bridgehead atoms. The number of nitrogens with one attached hydrogen (secondary N) is 1. The van der Waals surface area contributed by atoms with Crippen LogP contribution < -0.4 is 5.32 Å². The maximum Gasteiger partial charge on any atom is 0.0700 e. The van der Waals surface area contributed by atoms with Crippen molar-refractivity contribution in [3.63, 3.8) is 0 Å². The van der Waals surface area contributed by atoms with Gasteiger partial charge in [0.05, 0.1) is 13.2 Å². The van der Waals surface area contributed by atoms with Crippen LogP contribution in [0.4, 0.5) is 0 Å². The third-order valence-corrected chi connectivity index (χ3v) is 2.84. The topological polar surface area (TPSA) is 33.7 Å². The van der Waals surface area contributed by atoms with Crippen LogP contribution in [0.2, 0.25) is 0 Å². The fourth-order valence-electron chi connectivity index (χ4n) is 1.10. The van der Waals surface area contributed by atoms with Crippen LogP contribution in [0.25, 0.3) is 0 Å². The van der Waals surface area contributed by atoms with Gasteiger partial charge in [-0.1, -0.05) is 0 Å². The summed E-state index contributed by atoms with van der Waals surface area (Å²) in [6.07, 6.45) is 1.05. The summed E-state index contributed by atoms with van der Waals surface area (Å²) >= 11 is 0. The molecule has 0 aromatic carbocycles. The number of nitrogens with zero attached hydrogens (tertiary/aromatic N) is 1. The highest BCUT2D eigenvalue weighted by Crippen LogP contribution is 2.07. The van der Waals surface area contributed by atoms with Gasteiger partial charge in [0.25, 0.3) is 0 Å². The second kappa shape index (κ2) is 8.93. The Hall–Kier alpha value is -0.160. The minimum atomic E-state index is 0.205. The molecular weight excluding hydrogens is 204 g/mol. The molecule has 0 saturated heterocycles. The van der Waals surface area contributed by atoms with Gasteiger partial charge in [0, 0.05) is 25.8 Å².